The molecule has 0 spiro atoms. The van der Waals surface area contributed by atoms with Crippen LogP contribution in [0.25, 0.3) is 6.08 Å². The van der Waals surface area contributed by atoms with E-state index in [4.69, 9.17) is 67.5 Å². The fourth-order valence-electron chi connectivity index (χ4n) is 1.43. The van der Waals surface area contributed by atoms with Gasteiger partial charge < -0.3 is 9.47 Å². The Morgan fingerprint density at radius 1 is 1.17 bits per heavy atom. The highest BCUT2D eigenvalue weighted by molar-refractivity contribution is 6.89. The standard InChI is InChI=1S/C14H10Cl5N3O2/c1-23-10-4-3-8(11(6-10)24-2)5-9(7-20)12(15)21-22-13(16)14(17,18)19/h3-6H,1-2H3/b9-5+,21-12-,22-13?. The van der Waals surface area contributed by atoms with Crippen molar-refractivity contribution >= 4 is 74.4 Å². The van der Waals surface area contributed by atoms with Gasteiger partial charge in [-0.2, -0.15) is 5.26 Å². The predicted octanol–water partition coefficient (Wildman–Crippen LogP) is 5.17. The van der Waals surface area contributed by atoms with Gasteiger partial charge >= 0.3 is 0 Å². The monoisotopic (exact) mass is 427 g/mol. The lowest BCUT2D eigenvalue weighted by atomic mass is 10.1. The number of halogens is 5. The molecule has 0 bridgehead atoms. The van der Waals surface area contributed by atoms with Gasteiger partial charge in [0.15, 0.2) is 10.3 Å². The first-order chi connectivity index (χ1) is 11.2. The van der Waals surface area contributed by atoms with Gasteiger partial charge in [-0.15, -0.1) is 10.2 Å². The van der Waals surface area contributed by atoms with Crippen molar-refractivity contribution in [3.05, 3.63) is 29.3 Å². The molecule has 0 heterocycles. The Labute approximate surface area is 164 Å². The quantitative estimate of drug-likeness (QED) is 0.281. The van der Waals surface area contributed by atoms with Crippen molar-refractivity contribution < 1.29 is 9.47 Å². The Hall–Kier alpha value is -1.16. The van der Waals surface area contributed by atoms with E-state index in [1.54, 1.807) is 18.2 Å². The fourth-order valence-corrected chi connectivity index (χ4v) is 1.72. The Balaban J connectivity index is 3.22. The predicted molar refractivity (Wildman–Crippen MR) is 100 cm³/mol. The lowest BCUT2D eigenvalue weighted by Gasteiger charge is -2.08. The minimum atomic E-state index is -1.93. The van der Waals surface area contributed by atoms with E-state index in [1.165, 1.54) is 20.3 Å². The van der Waals surface area contributed by atoms with Gasteiger partial charge in [0.2, 0.25) is 3.79 Å². The summed E-state index contributed by atoms with van der Waals surface area (Å²) < 4.78 is 8.41. The summed E-state index contributed by atoms with van der Waals surface area (Å²) in [4.78, 5) is 0. The molecule has 0 aliphatic carbocycles. The molecule has 0 unspecified atom stereocenters. The van der Waals surface area contributed by atoms with Crippen LogP contribution < -0.4 is 9.47 Å². The van der Waals surface area contributed by atoms with Crippen molar-refractivity contribution in [2.24, 2.45) is 10.2 Å². The van der Waals surface area contributed by atoms with Crippen LogP contribution >= 0.6 is 58.0 Å². The van der Waals surface area contributed by atoms with Gasteiger partial charge in [0.1, 0.15) is 17.6 Å². The average molecular weight is 430 g/mol. The van der Waals surface area contributed by atoms with E-state index in [1.807, 2.05) is 6.07 Å². The zero-order valence-corrected chi connectivity index (χ0v) is 16.1. The highest BCUT2D eigenvalue weighted by Gasteiger charge is 2.26. The molecule has 0 atom stereocenters. The van der Waals surface area contributed by atoms with Crippen LogP contribution in [0.4, 0.5) is 0 Å². The second kappa shape index (κ2) is 9.36. The van der Waals surface area contributed by atoms with Crippen molar-refractivity contribution in [2.75, 3.05) is 14.2 Å². The zero-order valence-electron chi connectivity index (χ0n) is 12.4. The largest absolute Gasteiger partial charge is 0.497 e. The summed E-state index contributed by atoms with van der Waals surface area (Å²) >= 11 is 28.2. The molecule has 0 saturated heterocycles. The summed E-state index contributed by atoms with van der Waals surface area (Å²) in [6, 6.07) is 6.94. The van der Waals surface area contributed by atoms with Crippen molar-refractivity contribution in [3.8, 4) is 17.6 Å². The summed E-state index contributed by atoms with van der Waals surface area (Å²) in [6.07, 6.45) is 1.46. The highest BCUT2D eigenvalue weighted by atomic mass is 35.6. The summed E-state index contributed by atoms with van der Waals surface area (Å²) in [6.45, 7) is 0. The number of hydrogen-bond donors (Lipinski definition) is 0. The Kier molecular flexibility index (Phi) is 8.14. The maximum atomic E-state index is 9.24. The van der Waals surface area contributed by atoms with Crippen LogP contribution in [0.5, 0.6) is 11.5 Å². The van der Waals surface area contributed by atoms with Crippen LogP contribution in [0.1, 0.15) is 5.56 Å². The fraction of sp³-hybridized carbons (Fsp3) is 0.214. The van der Waals surface area contributed by atoms with Crippen LogP contribution in [0.15, 0.2) is 34.0 Å². The molecule has 1 rings (SSSR count). The molecule has 0 fully saturated rings. The number of methoxy groups -OCH3 is 2. The van der Waals surface area contributed by atoms with Crippen LogP contribution in [-0.2, 0) is 0 Å². The van der Waals surface area contributed by atoms with E-state index in [-0.39, 0.29) is 10.7 Å². The van der Waals surface area contributed by atoms with Gasteiger partial charge in [-0.1, -0.05) is 58.0 Å². The molecule has 24 heavy (non-hydrogen) atoms. The maximum Gasteiger partial charge on any atom is 0.245 e. The van der Waals surface area contributed by atoms with Gasteiger partial charge in [0.05, 0.1) is 19.8 Å². The number of benzene rings is 1. The number of nitriles is 1. The SMILES string of the molecule is COc1ccc(/C=C(C#N)/C(Cl)=N/N=C(Cl)C(Cl)(Cl)Cl)c(OC)c1. The van der Waals surface area contributed by atoms with Crippen LogP contribution in [0.2, 0.25) is 0 Å². The molecule has 0 aliphatic heterocycles. The summed E-state index contributed by atoms with van der Waals surface area (Å²) in [5.41, 5.74) is 0.595. The van der Waals surface area contributed by atoms with Gasteiger partial charge in [-0.25, -0.2) is 0 Å². The Morgan fingerprint density at radius 3 is 2.33 bits per heavy atom. The molecule has 0 radical (unpaired) electrons. The van der Waals surface area contributed by atoms with Crippen molar-refractivity contribution in [3.63, 3.8) is 0 Å². The lowest BCUT2D eigenvalue weighted by Crippen LogP contribution is -2.11. The smallest absolute Gasteiger partial charge is 0.245 e. The number of allylic oxidation sites excluding steroid dienone is 1. The van der Waals surface area contributed by atoms with Gasteiger partial charge in [0, 0.05) is 11.6 Å². The van der Waals surface area contributed by atoms with Crippen LogP contribution in [0.3, 0.4) is 0 Å². The second-order valence-electron chi connectivity index (χ2n) is 4.06. The molecule has 1 aromatic carbocycles. The van der Waals surface area contributed by atoms with E-state index in [0.29, 0.717) is 17.1 Å². The minimum absolute atomic E-state index is 0.0117. The van der Waals surface area contributed by atoms with E-state index in [2.05, 4.69) is 10.2 Å². The van der Waals surface area contributed by atoms with Crippen molar-refractivity contribution in [2.45, 2.75) is 3.79 Å². The highest BCUT2D eigenvalue weighted by Crippen LogP contribution is 2.30. The molecular formula is C14H10Cl5N3O2. The second-order valence-corrected chi connectivity index (χ2v) is 7.05. The molecule has 128 valence electrons. The number of ether oxygens (including phenoxy) is 2. The lowest BCUT2D eigenvalue weighted by molar-refractivity contribution is 0.394. The number of rotatable bonds is 5. The first-order valence-corrected chi connectivity index (χ1v) is 8.00. The first-order valence-electron chi connectivity index (χ1n) is 6.11. The molecule has 0 aliphatic rings. The number of nitrogens with zero attached hydrogens (tertiary/aromatic N) is 3. The molecule has 0 N–H and O–H groups in total. The van der Waals surface area contributed by atoms with E-state index in [9.17, 15) is 5.26 Å². The van der Waals surface area contributed by atoms with Crippen LogP contribution in [-0.4, -0.2) is 28.4 Å². The maximum absolute atomic E-state index is 9.24. The summed E-state index contributed by atoms with van der Waals surface area (Å²) in [7, 11) is 3.01. The molecular weight excluding hydrogens is 419 g/mol. The van der Waals surface area contributed by atoms with E-state index < -0.39 is 8.96 Å². The molecule has 0 amide bonds. The van der Waals surface area contributed by atoms with Crippen LogP contribution in [0, 0.1) is 11.3 Å². The van der Waals surface area contributed by atoms with Crippen molar-refractivity contribution in [1.82, 2.24) is 0 Å². The molecule has 1 aromatic rings. The Morgan fingerprint density at radius 2 is 1.83 bits per heavy atom. The average Bonchev–Trinajstić information content (AvgIpc) is 2.56. The molecule has 0 aromatic heterocycles. The third kappa shape index (κ3) is 6.04. The number of alkyl halides is 3. The van der Waals surface area contributed by atoms with Gasteiger partial charge in [-0.3, -0.25) is 0 Å². The van der Waals surface area contributed by atoms with Crippen molar-refractivity contribution in [1.29, 1.82) is 5.26 Å². The zero-order chi connectivity index (χ0) is 18.3. The molecule has 5 nitrogen and oxygen atoms in total. The Bertz CT molecular complexity index is 733. The third-order valence-electron chi connectivity index (χ3n) is 2.54. The topological polar surface area (TPSA) is 67.0 Å². The summed E-state index contributed by atoms with van der Waals surface area (Å²) in [5, 5.41) is 15.6. The van der Waals surface area contributed by atoms with E-state index in [0.717, 1.165) is 0 Å². The minimum Gasteiger partial charge on any atom is -0.497 e. The third-order valence-corrected chi connectivity index (χ3v) is 4.01. The molecule has 0 saturated carbocycles. The van der Waals surface area contributed by atoms with E-state index >= 15 is 0 Å². The normalized spacial score (nSPS) is 13.5. The van der Waals surface area contributed by atoms with Gasteiger partial charge in [-0.05, 0) is 18.2 Å². The first kappa shape index (κ1) is 20.9. The number of hydrogen-bond acceptors (Lipinski definition) is 5. The summed E-state index contributed by atoms with van der Waals surface area (Å²) in [5.74, 6) is 1.08. The van der Waals surface area contributed by atoms with Gasteiger partial charge in [0.25, 0.3) is 0 Å². The molecule has 10 heteroatoms.